The number of nitrogens with zero attached hydrogens (tertiary/aromatic N) is 2. The van der Waals surface area contributed by atoms with Crippen LogP contribution in [0.25, 0.3) is 60.9 Å². The molecule has 0 fully saturated rings. The maximum Gasteiger partial charge on any atom is 0.0561 e. The highest BCUT2D eigenvalue weighted by molar-refractivity contribution is 6.10. The lowest BCUT2D eigenvalue weighted by molar-refractivity contribution is 0.332. The Bertz CT molecular complexity index is 2910. The van der Waals surface area contributed by atoms with Crippen LogP contribution in [0.15, 0.2) is 194 Å². The highest BCUT2D eigenvalue weighted by Crippen LogP contribution is 2.48. The van der Waals surface area contributed by atoms with Gasteiger partial charge in [0.1, 0.15) is 0 Å². The predicted octanol–water partition coefficient (Wildman–Crippen LogP) is 15.6. The minimum Gasteiger partial charge on any atom is -0.310 e. The van der Waals surface area contributed by atoms with Crippen LogP contribution in [-0.2, 0) is 10.8 Å². The normalized spacial score (nSPS) is 14.3. The molecule has 1 heterocycles. The van der Waals surface area contributed by atoms with Crippen LogP contribution in [0, 0.1) is 0 Å². The zero-order valence-corrected chi connectivity index (χ0v) is 33.8. The van der Waals surface area contributed by atoms with Gasteiger partial charge in [-0.1, -0.05) is 173 Å². The third kappa shape index (κ3) is 6.21. The van der Waals surface area contributed by atoms with Crippen LogP contribution >= 0.6 is 0 Å². The SMILES string of the molecule is CC1(C)CCC(C)(C)c2cc(-n3c4ccccc4c4ccc(N(c5ccc(-c6ccc(-c7ccccc7)cc6)cc5)c5ccccc5-c5ccccc5)cc43)ccc21. The minimum atomic E-state index is 0.110. The van der Waals surface area contributed by atoms with Crippen molar-refractivity contribution in [2.45, 2.75) is 51.4 Å². The van der Waals surface area contributed by atoms with E-state index >= 15 is 0 Å². The molecule has 0 N–H and O–H groups in total. The molecule has 9 aromatic rings. The van der Waals surface area contributed by atoms with Crippen molar-refractivity contribution in [1.29, 1.82) is 0 Å². The van der Waals surface area contributed by atoms with E-state index < -0.39 is 0 Å². The van der Waals surface area contributed by atoms with Crippen LogP contribution in [0.5, 0.6) is 0 Å². The molecule has 282 valence electrons. The van der Waals surface area contributed by atoms with E-state index in [1.807, 2.05) is 0 Å². The summed E-state index contributed by atoms with van der Waals surface area (Å²) in [5, 5.41) is 2.52. The number of hydrogen-bond donors (Lipinski definition) is 0. The number of anilines is 3. The first-order valence-electron chi connectivity index (χ1n) is 20.6. The predicted molar refractivity (Wildman–Crippen MR) is 247 cm³/mol. The summed E-state index contributed by atoms with van der Waals surface area (Å²) in [5.41, 5.74) is 17.4. The Labute approximate surface area is 342 Å². The monoisotopic (exact) mass is 748 g/mol. The van der Waals surface area contributed by atoms with Gasteiger partial charge in [-0.25, -0.2) is 0 Å². The van der Waals surface area contributed by atoms with E-state index in [1.165, 1.54) is 84.8 Å². The van der Waals surface area contributed by atoms with E-state index in [0.717, 1.165) is 17.1 Å². The number of benzene rings is 8. The van der Waals surface area contributed by atoms with Crippen molar-refractivity contribution in [2.24, 2.45) is 0 Å². The fourth-order valence-electron chi connectivity index (χ4n) is 9.34. The second-order valence-electron chi connectivity index (χ2n) is 17.3. The topological polar surface area (TPSA) is 8.17 Å². The van der Waals surface area contributed by atoms with Crippen molar-refractivity contribution in [3.05, 3.63) is 205 Å². The van der Waals surface area contributed by atoms with E-state index in [-0.39, 0.29) is 10.8 Å². The molecule has 0 saturated heterocycles. The molecule has 0 amide bonds. The van der Waals surface area contributed by atoms with Crippen molar-refractivity contribution in [1.82, 2.24) is 4.57 Å². The van der Waals surface area contributed by atoms with Crippen LogP contribution in [0.2, 0.25) is 0 Å². The van der Waals surface area contributed by atoms with Gasteiger partial charge >= 0.3 is 0 Å². The molecular weight excluding hydrogens is 701 g/mol. The summed E-state index contributed by atoms with van der Waals surface area (Å²) >= 11 is 0. The minimum absolute atomic E-state index is 0.110. The van der Waals surface area contributed by atoms with E-state index in [2.05, 4.69) is 231 Å². The zero-order valence-electron chi connectivity index (χ0n) is 33.8. The molecule has 8 aromatic carbocycles. The lowest BCUT2D eigenvalue weighted by Gasteiger charge is -2.42. The van der Waals surface area contributed by atoms with Gasteiger partial charge in [-0.2, -0.15) is 0 Å². The molecule has 1 aliphatic carbocycles. The van der Waals surface area contributed by atoms with Gasteiger partial charge in [-0.15, -0.1) is 0 Å². The highest BCUT2D eigenvalue weighted by atomic mass is 15.1. The third-order valence-electron chi connectivity index (χ3n) is 12.7. The lowest BCUT2D eigenvalue weighted by Crippen LogP contribution is -2.33. The largest absolute Gasteiger partial charge is 0.310 e. The zero-order chi connectivity index (χ0) is 39.4. The van der Waals surface area contributed by atoms with Crippen LogP contribution in [0.4, 0.5) is 17.1 Å². The summed E-state index contributed by atoms with van der Waals surface area (Å²) < 4.78 is 2.50. The first kappa shape index (κ1) is 35.8. The summed E-state index contributed by atoms with van der Waals surface area (Å²) in [5.74, 6) is 0. The Morgan fingerprint density at radius 1 is 0.397 bits per heavy atom. The van der Waals surface area contributed by atoms with Gasteiger partial charge in [0.25, 0.3) is 0 Å². The van der Waals surface area contributed by atoms with Gasteiger partial charge in [0.15, 0.2) is 0 Å². The Morgan fingerprint density at radius 3 is 1.60 bits per heavy atom. The Morgan fingerprint density at radius 2 is 0.914 bits per heavy atom. The van der Waals surface area contributed by atoms with Gasteiger partial charge < -0.3 is 9.47 Å². The van der Waals surface area contributed by atoms with Crippen molar-refractivity contribution in [3.8, 4) is 39.1 Å². The van der Waals surface area contributed by atoms with E-state index in [0.29, 0.717) is 0 Å². The number of rotatable bonds is 7. The fraction of sp³-hybridized carbons (Fsp3) is 0.143. The van der Waals surface area contributed by atoms with Crippen LogP contribution in [0.1, 0.15) is 51.7 Å². The molecule has 2 heteroatoms. The second-order valence-corrected chi connectivity index (χ2v) is 17.3. The van der Waals surface area contributed by atoms with E-state index in [4.69, 9.17) is 0 Å². The molecule has 0 bridgehead atoms. The van der Waals surface area contributed by atoms with Crippen molar-refractivity contribution in [3.63, 3.8) is 0 Å². The number of fused-ring (bicyclic) bond motifs is 4. The Balaban J connectivity index is 1.14. The standard InChI is InChI=1S/C56H48N2/c1-55(2)35-36-56(3,4)51-37-45(32-34-50(51)55)58-53-22-14-12-20-48(53)49-33-31-46(38-54(49)58)57(52-21-13-11-19-47(52)43-17-9-6-10-18-43)44-29-27-42(28-30-44)41-25-23-40(24-26-41)39-15-7-5-8-16-39/h5-34,37-38H,35-36H2,1-4H3. The van der Waals surface area contributed by atoms with E-state index in [1.54, 1.807) is 0 Å². The first-order valence-corrected chi connectivity index (χ1v) is 20.6. The smallest absolute Gasteiger partial charge is 0.0561 e. The van der Waals surface area contributed by atoms with E-state index in [9.17, 15) is 0 Å². The molecule has 0 saturated carbocycles. The fourth-order valence-corrected chi connectivity index (χ4v) is 9.34. The molecule has 0 spiro atoms. The summed E-state index contributed by atoms with van der Waals surface area (Å²) in [6, 6.07) is 71.3. The average Bonchev–Trinajstić information content (AvgIpc) is 3.60. The van der Waals surface area contributed by atoms with Crippen molar-refractivity contribution in [2.75, 3.05) is 4.90 Å². The first-order chi connectivity index (χ1) is 28.2. The van der Waals surface area contributed by atoms with Crippen LogP contribution < -0.4 is 4.90 Å². The quantitative estimate of drug-likeness (QED) is 0.158. The summed E-state index contributed by atoms with van der Waals surface area (Å²) in [6.45, 7) is 9.65. The van der Waals surface area contributed by atoms with Crippen LogP contribution in [0.3, 0.4) is 0 Å². The Kier molecular flexibility index (Phi) is 8.68. The molecule has 0 unspecified atom stereocenters. The van der Waals surface area contributed by atoms with Crippen molar-refractivity contribution < 1.29 is 0 Å². The molecule has 0 radical (unpaired) electrons. The van der Waals surface area contributed by atoms with Gasteiger partial charge in [0.2, 0.25) is 0 Å². The molecular formula is C56H48N2. The number of aromatic nitrogens is 1. The maximum absolute atomic E-state index is 2.50. The summed E-state index contributed by atoms with van der Waals surface area (Å²) in [4.78, 5) is 2.44. The van der Waals surface area contributed by atoms with Gasteiger partial charge in [0.05, 0.1) is 16.7 Å². The highest BCUT2D eigenvalue weighted by Gasteiger charge is 2.37. The van der Waals surface area contributed by atoms with Gasteiger partial charge in [-0.05, 0) is 111 Å². The number of para-hydroxylation sites is 2. The molecule has 2 nitrogen and oxygen atoms in total. The van der Waals surface area contributed by atoms with Crippen molar-refractivity contribution >= 4 is 38.9 Å². The average molecular weight is 749 g/mol. The molecule has 0 atom stereocenters. The molecule has 1 aliphatic rings. The summed E-state index contributed by atoms with van der Waals surface area (Å²) in [7, 11) is 0. The van der Waals surface area contributed by atoms with Gasteiger partial charge in [-0.3, -0.25) is 0 Å². The lowest BCUT2D eigenvalue weighted by atomic mass is 9.63. The molecule has 1 aromatic heterocycles. The Hall–Kier alpha value is -6.64. The molecule has 58 heavy (non-hydrogen) atoms. The summed E-state index contributed by atoms with van der Waals surface area (Å²) in [6.07, 6.45) is 2.38. The van der Waals surface area contributed by atoms with Crippen LogP contribution in [-0.4, -0.2) is 4.57 Å². The maximum atomic E-state index is 2.50. The molecule has 0 aliphatic heterocycles. The number of hydrogen-bond acceptors (Lipinski definition) is 1. The molecule has 10 rings (SSSR count). The van der Waals surface area contributed by atoms with Gasteiger partial charge in [0, 0.05) is 33.4 Å². The third-order valence-corrected chi connectivity index (χ3v) is 12.7. The second kappa shape index (κ2) is 14.1.